The first kappa shape index (κ1) is 22.3. The van der Waals surface area contributed by atoms with Crippen molar-refractivity contribution in [2.75, 3.05) is 6.54 Å². The molecular weight excluding hydrogens is 399 g/mol. The van der Waals surface area contributed by atoms with E-state index in [9.17, 15) is 22.4 Å². The zero-order chi connectivity index (χ0) is 21.4. The zero-order valence-corrected chi connectivity index (χ0v) is 16.5. The Morgan fingerprint density at radius 1 is 1.14 bits per heavy atom. The van der Waals surface area contributed by atoms with Gasteiger partial charge in [-0.1, -0.05) is 18.2 Å². The molecule has 0 saturated heterocycles. The molecule has 2 aromatic rings. The smallest absolute Gasteiger partial charge is 0.338 e. The molecule has 154 valence electrons. The molecule has 0 aliphatic rings. The van der Waals surface area contributed by atoms with Gasteiger partial charge in [-0.2, -0.15) is 0 Å². The van der Waals surface area contributed by atoms with E-state index < -0.39 is 28.0 Å². The number of benzene rings is 2. The summed E-state index contributed by atoms with van der Waals surface area (Å²) in [7, 11) is -3.70. The lowest BCUT2D eigenvalue weighted by Crippen LogP contribution is -2.35. The maximum Gasteiger partial charge on any atom is 0.338 e. The van der Waals surface area contributed by atoms with Gasteiger partial charge in [0.1, 0.15) is 5.82 Å². The van der Waals surface area contributed by atoms with Crippen molar-refractivity contribution in [1.29, 1.82) is 0 Å². The van der Waals surface area contributed by atoms with E-state index in [1.54, 1.807) is 0 Å². The van der Waals surface area contributed by atoms with E-state index in [0.29, 0.717) is 5.56 Å². The van der Waals surface area contributed by atoms with Crippen molar-refractivity contribution in [3.8, 4) is 0 Å². The quantitative estimate of drug-likeness (QED) is 0.478. The van der Waals surface area contributed by atoms with Crippen LogP contribution < -0.4 is 10.0 Å². The molecule has 0 aliphatic carbocycles. The van der Waals surface area contributed by atoms with Gasteiger partial charge in [0.2, 0.25) is 10.0 Å². The summed E-state index contributed by atoms with van der Waals surface area (Å²) in [6.07, 6.45) is 0.340. The van der Waals surface area contributed by atoms with Crippen LogP contribution in [0.5, 0.6) is 0 Å². The van der Waals surface area contributed by atoms with Gasteiger partial charge in [0.15, 0.2) is 6.10 Å². The number of hydrogen-bond acceptors (Lipinski definition) is 5. The highest BCUT2D eigenvalue weighted by molar-refractivity contribution is 7.89. The molecule has 0 saturated carbocycles. The van der Waals surface area contributed by atoms with Crippen LogP contribution in [-0.2, 0) is 26.1 Å². The predicted molar refractivity (Wildman–Crippen MR) is 105 cm³/mol. The Bertz CT molecular complexity index is 973. The van der Waals surface area contributed by atoms with Gasteiger partial charge in [-0.15, -0.1) is 6.58 Å². The van der Waals surface area contributed by atoms with Gasteiger partial charge >= 0.3 is 5.97 Å². The number of esters is 1. The molecule has 2 aromatic carbocycles. The highest BCUT2D eigenvalue weighted by Crippen LogP contribution is 2.12. The van der Waals surface area contributed by atoms with E-state index >= 15 is 0 Å². The molecular formula is C20H21FN2O5S. The van der Waals surface area contributed by atoms with Crippen molar-refractivity contribution in [1.82, 2.24) is 10.0 Å². The van der Waals surface area contributed by atoms with Crippen molar-refractivity contribution >= 4 is 21.9 Å². The van der Waals surface area contributed by atoms with Gasteiger partial charge in [-0.25, -0.2) is 22.3 Å². The van der Waals surface area contributed by atoms with Crippen LogP contribution >= 0.6 is 0 Å². The third kappa shape index (κ3) is 6.51. The largest absolute Gasteiger partial charge is 0.449 e. The summed E-state index contributed by atoms with van der Waals surface area (Å²) in [6, 6.07) is 10.8. The van der Waals surface area contributed by atoms with E-state index in [-0.39, 0.29) is 29.4 Å². The predicted octanol–water partition coefficient (Wildman–Crippen LogP) is 2.15. The fraction of sp³-hybridized carbons (Fsp3) is 0.200. The first-order chi connectivity index (χ1) is 13.7. The van der Waals surface area contributed by atoms with Crippen LogP contribution in [0.4, 0.5) is 4.39 Å². The Morgan fingerprint density at radius 2 is 1.76 bits per heavy atom. The molecule has 1 atom stereocenters. The highest BCUT2D eigenvalue weighted by atomic mass is 32.2. The summed E-state index contributed by atoms with van der Waals surface area (Å²) < 4.78 is 44.3. The van der Waals surface area contributed by atoms with Crippen LogP contribution in [0.2, 0.25) is 0 Å². The first-order valence-corrected chi connectivity index (χ1v) is 10.1. The van der Waals surface area contributed by atoms with Gasteiger partial charge in [-0.3, -0.25) is 4.79 Å². The number of halogens is 1. The lowest BCUT2D eigenvalue weighted by Gasteiger charge is -2.14. The Morgan fingerprint density at radius 3 is 2.34 bits per heavy atom. The van der Waals surface area contributed by atoms with Gasteiger partial charge in [-0.05, 0) is 48.9 Å². The average molecular weight is 420 g/mol. The molecule has 0 aromatic heterocycles. The topological polar surface area (TPSA) is 102 Å². The molecule has 0 spiro atoms. The van der Waals surface area contributed by atoms with Crippen LogP contribution in [0.3, 0.4) is 0 Å². The molecule has 7 nitrogen and oxygen atoms in total. The van der Waals surface area contributed by atoms with Crippen molar-refractivity contribution in [2.24, 2.45) is 0 Å². The maximum atomic E-state index is 12.9. The standard InChI is InChI=1S/C20H21FN2O5S/c1-3-12-23-29(26,27)18-10-6-16(7-11-18)20(25)28-14(2)19(24)22-13-15-4-8-17(21)9-5-15/h3-11,14,23H,1,12-13H2,2H3,(H,22,24)/t14-/m1/s1. The van der Waals surface area contributed by atoms with Crippen LogP contribution in [0.15, 0.2) is 66.1 Å². The second kappa shape index (κ2) is 9.94. The molecule has 0 fully saturated rings. The van der Waals surface area contributed by atoms with E-state index in [1.807, 2.05) is 0 Å². The summed E-state index contributed by atoms with van der Waals surface area (Å²) in [4.78, 5) is 24.2. The minimum absolute atomic E-state index is 0.0130. The molecule has 0 heterocycles. The zero-order valence-electron chi connectivity index (χ0n) is 15.7. The Kier molecular flexibility index (Phi) is 7.63. The van der Waals surface area contributed by atoms with Gasteiger partial charge in [0, 0.05) is 13.1 Å². The van der Waals surface area contributed by atoms with E-state index in [1.165, 1.54) is 61.5 Å². The van der Waals surface area contributed by atoms with Crippen molar-refractivity contribution < 1.29 is 27.1 Å². The van der Waals surface area contributed by atoms with Crippen LogP contribution in [0, 0.1) is 5.82 Å². The molecule has 1 amide bonds. The number of rotatable bonds is 9. The first-order valence-electron chi connectivity index (χ1n) is 8.66. The molecule has 0 bridgehead atoms. The van der Waals surface area contributed by atoms with Crippen molar-refractivity contribution in [3.63, 3.8) is 0 Å². The summed E-state index contributed by atoms with van der Waals surface area (Å²) in [6.45, 7) is 5.09. The summed E-state index contributed by atoms with van der Waals surface area (Å²) in [5, 5.41) is 2.59. The molecule has 9 heteroatoms. The highest BCUT2D eigenvalue weighted by Gasteiger charge is 2.20. The molecule has 2 rings (SSSR count). The molecule has 2 N–H and O–H groups in total. The SMILES string of the molecule is C=CCNS(=O)(=O)c1ccc(C(=O)O[C@H](C)C(=O)NCc2ccc(F)cc2)cc1. The van der Waals surface area contributed by atoms with Crippen molar-refractivity contribution in [2.45, 2.75) is 24.5 Å². The summed E-state index contributed by atoms with van der Waals surface area (Å²) in [5.74, 6) is -1.66. The van der Waals surface area contributed by atoms with E-state index in [4.69, 9.17) is 4.74 Å². The molecule has 29 heavy (non-hydrogen) atoms. The molecule has 0 radical (unpaired) electrons. The monoisotopic (exact) mass is 420 g/mol. The number of amides is 1. The minimum atomic E-state index is -3.70. The summed E-state index contributed by atoms with van der Waals surface area (Å²) in [5.41, 5.74) is 0.797. The van der Waals surface area contributed by atoms with Gasteiger partial charge in [0.25, 0.3) is 5.91 Å². The number of carbonyl (C=O) groups is 2. The van der Waals surface area contributed by atoms with Crippen LogP contribution in [0.25, 0.3) is 0 Å². The minimum Gasteiger partial charge on any atom is -0.449 e. The Hall–Kier alpha value is -3.04. The fourth-order valence-electron chi connectivity index (χ4n) is 2.24. The van der Waals surface area contributed by atoms with Crippen LogP contribution in [0.1, 0.15) is 22.8 Å². The van der Waals surface area contributed by atoms with Crippen LogP contribution in [-0.4, -0.2) is 32.9 Å². The van der Waals surface area contributed by atoms with E-state index in [0.717, 1.165) is 0 Å². The number of sulfonamides is 1. The van der Waals surface area contributed by atoms with Gasteiger partial charge in [0.05, 0.1) is 10.5 Å². The molecule has 0 aliphatic heterocycles. The fourth-order valence-corrected chi connectivity index (χ4v) is 3.24. The maximum absolute atomic E-state index is 12.9. The second-order valence-corrected chi connectivity index (χ2v) is 7.82. The summed E-state index contributed by atoms with van der Waals surface area (Å²) >= 11 is 0. The number of hydrogen-bond donors (Lipinski definition) is 2. The number of nitrogens with one attached hydrogen (secondary N) is 2. The lowest BCUT2D eigenvalue weighted by atomic mass is 10.2. The molecule has 0 unspecified atom stereocenters. The van der Waals surface area contributed by atoms with Gasteiger partial charge < -0.3 is 10.1 Å². The third-order valence-electron chi connectivity index (χ3n) is 3.85. The lowest BCUT2D eigenvalue weighted by molar-refractivity contribution is -0.129. The normalized spacial score (nSPS) is 12.1. The Labute approximate surface area is 168 Å². The second-order valence-electron chi connectivity index (χ2n) is 6.06. The Balaban J connectivity index is 1.92. The van der Waals surface area contributed by atoms with E-state index in [2.05, 4.69) is 16.6 Å². The third-order valence-corrected chi connectivity index (χ3v) is 5.29. The average Bonchev–Trinajstić information content (AvgIpc) is 2.71. The van der Waals surface area contributed by atoms with Crippen molar-refractivity contribution in [3.05, 3.63) is 78.1 Å². The number of ether oxygens (including phenoxy) is 1. The number of carbonyl (C=O) groups excluding carboxylic acids is 2.